The second-order valence-electron chi connectivity index (χ2n) is 6.88. The molecule has 0 spiro atoms. The Hall–Kier alpha value is -1.02. The summed E-state index contributed by atoms with van der Waals surface area (Å²) in [5, 5.41) is 6.81. The predicted molar refractivity (Wildman–Crippen MR) is 119 cm³/mol. The van der Waals surface area contributed by atoms with Crippen molar-refractivity contribution < 1.29 is 4.74 Å². The first-order chi connectivity index (χ1) is 12.3. The van der Waals surface area contributed by atoms with Gasteiger partial charge in [0.15, 0.2) is 5.96 Å². The molecule has 0 amide bonds. The SMILES string of the molecule is CCNC(=NCCN1CCCCC1)NCCc1ccc2c(c1)CCO2.I. The van der Waals surface area contributed by atoms with E-state index < -0.39 is 0 Å². The van der Waals surface area contributed by atoms with E-state index in [2.05, 4.69) is 40.7 Å². The average molecular weight is 472 g/mol. The Balaban J connectivity index is 0.00000243. The lowest BCUT2D eigenvalue weighted by molar-refractivity contribution is 0.235. The van der Waals surface area contributed by atoms with Crippen LogP contribution in [0.5, 0.6) is 5.75 Å². The summed E-state index contributed by atoms with van der Waals surface area (Å²) in [5.41, 5.74) is 2.71. The van der Waals surface area contributed by atoms with E-state index in [9.17, 15) is 0 Å². The number of rotatable bonds is 7. The summed E-state index contributed by atoms with van der Waals surface area (Å²) < 4.78 is 5.57. The summed E-state index contributed by atoms with van der Waals surface area (Å²) in [5.74, 6) is 1.99. The van der Waals surface area contributed by atoms with Crippen molar-refractivity contribution in [1.29, 1.82) is 0 Å². The summed E-state index contributed by atoms with van der Waals surface area (Å²) in [6.07, 6.45) is 6.11. The average Bonchev–Trinajstić information content (AvgIpc) is 3.10. The molecule has 5 nitrogen and oxygen atoms in total. The molecule has 1 fully saturated rings. The number of ether oxygens (including phenoxy) is 1. The fourth-order valence-corrected chi connectivity index (χ4v) is 3.55. The number of piperidine rings is 1. The third kappa shape index (κ3) is 6.61. The van der Waals surface area contributed by atoms with Gasteiger partial charge in [0.25, 0.3) is 0 Å². The highest BCUT2D eigenvalue weighted by Crippen LogP contribution is 2.25. The van der Waals surface area contributed by atoms with Crippen LogP contribution in [0.2, 0.25) is 0 Å². The molecule has 146 valence electrons. The Morgan fingerprint density at radius 3 is 2.85 bits per heavy atom. The molecule has 0 saturated carbocycles. The van der Waals surface area contributed by atoms with Crippen LogP contribution in [0.3, 0.4) is 0 Å². The number of guanidine groups is 1. The first-order valence-corrected chi connectivity index (χ1v) is 9.84. The van der Waals surface area contributed by atoms with Crippen molar-refractivity contribution in [2.75, 3.05) is 45.9 Å². The van der Waals surface area contributed by atoms with Gasteiger partial charge < -0.3 is 20.3 Å². The van der Waals surface area contributed by atoms with Crippen LogP contribution in [0, 0.1) is 0 Å². The summed E-state index contributed by atoms with van der Waals surface area (Å²) >= 11 is 0. The quantitative estimate of drug-likeness (QED) is 0.364. The van der Waals surface area contributed by atoms with E-state index in [0.29, 0.717) is 0 Å². The van der Waals surface area contributed by atoms with Crippen molar-refractivity contribution in [3.8, 4) is 5.75 Å². The maximum Gasteiger partial charge on any atom is 0.191 e. The Bertz CT molecular complexity index is 573. The first kappa shape index (κ1) is 21.3. The van der Waals surface area contributed by atoms with Gasteiger partial charge >= 0.3 is 0 Å². The zero-order valence-corrected chi connectivity index (χ0v) is 18.3. The van der Waals surface area contributed by atoms with Crippen LogP contribution in [-0.4, -0.2) is 56.7 Å². The van der Waals surface area contributed by atoms with Crippen LogP contribution in [0.1, 0.15) is 37.3 Å². The van der Waals surface area contributed by atoms with Gasteiger partial charge in [0.05, 0.1) is 13.2 Å². The lowest BCUT2D eigenvalue weighted by atomic mass is 10.1. The second-order valence-corrected chi connectivity index (χ2v) is 6.88. The van der Waals surface area contributed by atoms with Gasteiger partial charge in [-0.15, -0.1) is 24.0 Å². The Morgan fingerprint density at radius 1 is 1.19 bits per heavy atom. The van der Waals surface area contributed by atoms with E-state index in [1.807, 2.05) is 0 Å². The summed E-state index contributed by atoms with van der Waals surface area (Å²) in [6.45, 7) is 9.14. The van der Waals surface area contributed by atoms with Gasteiger partial charge in [-0.25, -0.2) is 0 Å². The molecule has 1 aromatic carbocycles. The zero-order valence-electron chi connectivity index (χ0n) is 15.9. The van der Waals surface area contributed by atoms with E-state index in [1.54, 1.807) is 0 Å². The van der Waals surface area contributed by atoms with Crippen LogP contribution < -0.4 is 15.4 Å². The van der Waals surface area contributed by atoms with E-state index >= 15 is 0 Å². The third-order valence-electron chi connectivity index (χ3n) is 4.94. The Labute approximate surface area is 175 Å². The number of fused-ring (bicyclic) bond motifs is 1. The molecule has 0 radical (unpaired) electrons. The number of nitrogens with one attached hydrogen (secondary N) is 2. The molecular weight excluding hydrogens is 439 g/mol. The molecule has 26 heavy (non-hydrogen) atoms. The second kappa shape index (κ2) is 11.6. The van der Waals surface area contributed by atoms with Crippen LogP contribution in [0.15, 0.2) is 23.2 Å². The maximum absolute atomic E-state index is 5.57. The highest BCUT2D eigenvalue weighted by molar-refractivity contribution is 14.0. The summed E-state index contributed by atoms with van der Waals surface area (Å²) in [6, 6.07) is 6.56. The number of nitrogens with zero attached hydrogens (tertiary/aromatic N) is 2. The molecule has 0 unspecified atom stereocenters. The van der Waals surface area contributed by atoms with Crippen molar-refractivity contribution in [3.63, 3.8) is 0 Å². The van der Waals surface area contributed by atoms with E-state index in [1.165, 1.54) is 43.5 Å². The predicted octanol–water partition coefficient (Wildman–Crippen LogP) is 2.82. The number of likely N-dealkylation sites (tertiary alicyclic amines) is 1. The molecule has 2 N–H and O–H groups in total. The molecule has 0 aliphatic carbocycles. The van der Waals surface area contributed by atoms with Crippen LogP contribution in [0.25, 0.3) is 0 Å². The molecule has 0 atom stereocenters. The van der Waals surface area contributed by atoms with Crippen molar-refractivity contribution >= 4 is 29.9 Å². The van der Waals surface area contributed by atoms with E-state index in [0.717, 1.165) is 57.3 Å². The van der Waals surface area contributed by atoms with Crippen LogP contribution in [0.4, 0.5) is 0 Å². The van der Waals surface area contributed by atoms with Gasteiger partial charge in [-0.2, -0.15) is 0 Å². The number of halogens is 1. The van der Waals surface area contributed by atoms with Crippen LogP contribution >= 0.6 is 24.0 Å². The van der Waals surface area contributed by atoms with Gasteiger partial charge in [0, 0.05) is 26.1 Å². The minimum absolute atomic E-state index is 0. The molecule has 0 aromatic heterocycles. The lowest BCUT2D eigenvalue weighted by Crippen LogP contribution is -2.39. The molecule has 6 heteroatoms. The highest BCUT2D eigenvalue weighted by Gasteiger charge is 2.12. The normalized spacial score (nSPS) is 17.2. The Kier molecular flexibility index (Phi) is 9.53. The summed E-state index contributed by atoms with van der Waals surface area (Å²) in [4.78, 5) is 7.26. The molecular formula is C20H33IN4O. The fraction of sp³-hybridized carbons (Fsp3) is 0.650. The zero-order chi connectivity index (χ0) is 17.3. The van der Waals surface area contributed by atoms with Crippen molar-refractivity contribution in [1.82, 2.24) is 15.5 Å². The van der Waals surface area contributed by atoms with E-state index in [4.69, 9.17) is 9.73 Å². The van der Waals surface area contributed by atoms with Crippen molar-refractivity contribution in [2.45, 2.75) is 39.0 Å². The molecule has 2 aliphatic rings. The number of hydrogen-bond donors (Lipinski definition) is 2. The molecule has 1 aromatic rings. The van der Waals surface area contributed by atoms with Gasteiger partial charge in [-0.1, -0.05) is 18.6 Å². The maximum atomic E-state index is 5.57. The van der Waals surface area contributed by atoms with Gasteiger partial charge in [-0.3, -0.25) is 4.99 Å². The number of aliphatic imine (C=N–C) groups is 1. The van der Waals surface area contributed by atoms with Crippen LogP contribution in [-0.2, 0) is 12.8 Å². The molecule has 2 heterocycles. The van der Waals surface area contributed by atoms with E-state index in [-0.39, 0.29) is 24.0 Å². The lowest BCUT2D eigenvalue weighted by Gasteiger charge is -2.25. The largest absolute Gasteiger partial charge is 0.493 e. The monoisotopic (exact) mass is 472 g/mol. The van der Waals surface area contributed by atoms with Gasteiger partial charge in [0.1, 0.15) is 5.75 Å². The standard InChI is InChI=1S/C20H32N4O.HI/c1-2-21-20(23-11-14-24-12-4-3-5-13-24)22-10-8-17-6-7-19-18(16-17)9-15-25-19;/h6-7,16H,2-5,8-15H2,1H3,(H2,21,22,23);1H. The molecule has 1 saturated heterocycles. The first-order valence-electron chi connectivity index (χ1n) is 9.84. The van der Waals surface area contributed by atoms with Gasteiger partial charge in [-0.05, 0) is 56.5 Å². The highest BCUT2D eigenvalue weighted by atomic mass is 127. The minimum Gasteiger partial charge on any atom is -0.493 e. The smallest absolute Gasteiger partial charge is 0.191 e. The number of benzene rings is 1. The fourth-order valence-electron chi connectivity index (χ4n) is 3.55. The van der Waals surface area contributed by atoms with Crippen molar-refractivity contribution in [2.24, 2.45) is 4.99 Å². The summed E-state index contributed by atoms with van der Waals surface area (Å²) in [7, 11) is 0. The molecule has 2 aliphatic heterocycles. The molecule has 3 rings (SSSR count). The molecule has 0 bridgehead atoms. The number of hydrogen-bond acceptors (Lipinski definition) is 3. The minimum atomic E-state index is 0. The Morgan fingerprint density at radius 2 is 2.04 bits per heavy atom. The van der Waals surface area contributed by atoms with Crippen molar-refractivity contribution in [3.05, 3.63) is 29.3 Å². The third-order valence-corrected chi connectivity index (χ3v) is 4.94. The van der Waals surface area contributed by atoms with Gasteiger partial charge in [0.2, 0.25) is 0 Å². The topological polar surface area (TPSA) is 48.9 Å².